The molecule has 0 spiro atoms. The van der Waals surface area contributed by atoms with E-state index in [9.17, 15) is 0 Å². The summed E-state index contributed by atoms with van der Waals surface area (Å²) in [5.74, 6) is 0. The Morgan fingerprint density at radius 1 is 1.19 bits per heavy atom. The van der Waals surface area contributed by atoms with Gasteiger partial charge in [0, 0.05) is 25.8 Å². The van der Waals surface area contributed by atoms with Crippen LogP contribution >= 0.6 is 0 Å². The molecule has 0 aliphatic rings. The number of benzene rings is 1. The molecule has 0 amide bonds. The van der Waals surface area contributed by atoms with Crippen LogP contribution < -0.4 is 11.1 Å². The number of aliphatic imine (C=N–C) groups is 1. The number of hydrogen-bond acceptors (Lipinski definition) is 3. The third-order valence-electron chi connectivity index (χ3n) is 2.15. The number of nitrogens with two attached hydrogens (primary N) is 1. The average molecular weight is 217 g/mol. The maximum absolute atomic E-state index is 5.35. The van der Waals surface area contributed by atoms with Crippen LogP contribution in [0.4, 0.5) is 0 Å². The molecule has 0 atom stereocenters. The van der Waals surface area contributed by atoms with E-state index in [1.165, 1.54) is 0 Å². The van der Waals surface area contributed by atoms with Gasteiger partial charge in [-0.25, -0.2) is 0 Å². The van der Waals surface area contributed by atoms with Gasteiger partial charge < -0.3 is 11.1 Å². The molecule has 0 aromatic heterocycles. The molecule has 3 heteroatoms. The zero-order valence-electron chi connectivity index (χ0n) is 9.52. The van der Waals surface area contributed by atoms with Crippen LogP contribution in [0, 0.1) is 0 Å². The van der Waals surface area contributed by atoms with Crippen molar-refractivity contribution < 1.29 is 0 Å². The second-order valence-electron chi connectivity index (χ2n) is 3.44. The molecule has 3 nitrogen and oxygen atoms in total. The summed E-state index contributed by atoms with van der Waals surface area (Å²) in [6.07, 6.45) is 3.72. The first kappa shape index (κ1) is 12.6. The summed E-state index contributed by atoms with van der Waals surface area (Å²) in [6, 6.07) is 8.13. The van der Waals surface area contributed by atoms with E-state index in [0.717, 1.165) is 30.8 Å². The highest BCUT2D eigenvalue weighted by Gasteiger charge is 1.88. The van der Waals surface area contributed by atoms with Gasteiger partial charge in [-0.3, -0.25) is 4.99 Å². The number of nitrogens with one attached hydrogen (secondary N) is 1. The van der Waals surface area contributed by atoms with E-state index >= 15 is 0 Å². The Morgan fingerprint density at radius 3 is 2.50 bits per heavy atom. The second kappa shape index (κ2) is 7.79. The fourth-order valence-corrected chi connectivity index (χ4v) is 1.26. The molecule has 0 radical (unpaired) electrons. The fraction of sp³-hybridized carbons (Fsp3) is 0.308. The summed E-state index contributed by atoms with van der Waals surface area (Å²) in [5.41, 5.74) is 7.59. The van der Waals surface area contributed by atoms with Gasteiger partial charge in [0.05, 0.1) is 6.54 Å². The summed E-state index contributed by atoms with van der Waals surface area (Å²) >= 11 is 0. The van der Waals surface area contributed by atoms with E-state index in [0.29, 0.717) is 6.54 Å². The molecule has 86 valence electrons. The highest BCUT2D eigenvalue weighted by atomic mass is 14.9. The highest BCUT2D eigenvalue weighted by Crippen LogP contribution is 2.03. The van der Waals surface area contributed by atoms with Crippen molar-refractivity contribution >= 4 is 12.3 Å². The van der Waals surface area contributed by atoms with Crippen LogP contribution in [0.2, 0.25) is 0 Å². The predicted octanol–water partition coefficient (Wildman–Crippen LogP) is 1.30. The summed E-state index contributed by atoms with van der Waals surface area (Å²) in [6.45, 7) is 6.89. The minimum Gasteiger partial charge on any atom is -0.329 e. The van der Waals surface area contributed by atoms with Gasteiger partial charge in [0.25, 0.3) is 0 Å². The van der Waals surface area contributed by atoms with Crippen LogP contribution in [0.3, 0.4) is 0 Å². The van der Waals surface area contributed by atoms with Gasteiger partial charge in [-0.05, 0) is 11.1 Å². The van der Waals surface area contributed by atoms with Crippen molar-refractivity contribution in [3.8, 4) is 0 Å². The smallest absolute Gasteiger partial charge is 0.0514 e. The highest BCUT2D eigenvalue weighted by molar-refractivity contribution is 5.79. The van der Waals surface area contributed by atoms with Gasteiger partial charge in [0.1, 0.15) is 0 Å². The van der Waals surface area contributed by atoms with Crippen molar-refractivity contribution in [1.29, 1.82) is 0 Å². The lowest BCUT2D eigenvalue weighted by molar-refractivity contribution is 0.697. The van der Waals surface area contributed by atoms with Crippen LogP contribution in [0.15, 0.2) is 35.8 Å². The Hall–Kier alpha value is -1.45. The Labute approximate surface area is 97.1 Å². The van der Waals surface area contributed by atoms with Crippen molar-refractivity contribution in [1.82, 2.24) is 5.32 Å². The molecule has 0 heterocycles. The Balaban J connectivity index is 2.29. The quantitative estimate of drug-likeness (QED) is 0.534. The third-order valence-corrected chi connectivity index (χ3v) is 2.15. The SMILES string of the molecule is C=Cc1ccc(C=NCCNCCN)cc1. The molecule has 3 N–H and O–H groups in total. The van der Waals surface area contributed by atoms with E-state index < -0.39 is 0 Å². The summed E-state index contributed by atoms with van der Waals surface area (Å²) in [7, 11) is 0. The van der Waals surface area contributed by atoms with E-state index in [-0.39, 0.29) is 0 Å². The normalized spacial score (nSPS) is 10.8. The Kier molecular flexibility index (Phi) is 6.15. The monoisotopic (exact) mass is 217 g/mol. The lowest BCUT2D eigenvalue weighted by atomic mass is 10.1. The van der Waals surface area contributed by atoms with E-state index in [4.69, 9.17) is 5.73 Å². The average Bonchev–Trinajstić information content (AvgIpc) is 2.34. The van der Waals surface area contributed by atoms with Crippen LogP contribution in [-0.4, -0.2) is 32.4 Å². The molecular weight excluding hydrogens is 198 g/mol. The van der Waals surface area contributed by atoms with Gasteiger partial charge in [-0.15, -0.1) is 0 Å². The maximum Gasteiger partial charge on any atom is 0.0514 e. The number of rotatable bonds is 7. The molecule has 0 bridgehead atoms. The first-order valence-corrected chi connectivity index (χ1v) is 5.50. The Morgan fingerprint density at radius 2 is 1.88 bits per heavy atom. The fourth-order valence-electron chi connectivity index (χ4n) is 1.26. The van der Waals surface area contributed by atoms with Crippen LogP contribution in [0.25, 0.3) is 6.08 Å². The number of nitrogens with zero attached hydrogens (tertiary/aromatic N) is 1. The standard InChI is InChI=1S/C13H19N3/c1-2-12-3-5-13(6-4-12)11-16-10-9-15-8-7-14/h2-6,11,15H,1,7-10,14H2. The van der Waals surface area contributed by atoms with Gasteiger partial charge in [0.15, 0.2) is 0 Å². The number of hydrogen-bond donors (Lipinski definition) is 2. The molecule has 0 fully saturated rings. The van der Waals surface area contributed by atoms with Gasteiger partial charge >= 0.3 is 0 Å². The molecule has 16 heavy (non-hydrogen) atoms. The molecule has 1 aromatic carbocycles. The van der Waals surface area contributed by atoms with Crippen molar-refractivity contribution in [2.45, 2.75) is 0 Å². The summed E-state index contributed by atoms with van der Waals surface area (Å²) in [5, 5.41) is 3.19. The van der Waals surface area contributed by atoms with Gasteiger partial charge in [-0.1, -0.05) is 36.9 Å². The van der Waals surface area contributed by atoms with Crippen molar-refractivity contribution in [2.24, 2.45) is 10.7 Å². The molecular formula is C13H19N3. The van der Waals surface area contributed by atoms with Crippen molar-refractivity contribution in [3.05, 3.63) is 42.0 Å². The molecule has 0 aliphatic carbocycles. The van der Waals surface area contributed by atoms with E-state index in [2.05, 4.69) is 16.9 Å². The molecule has 0 aliphatic heterocycles. The van der Waals surface area contributed by atoms with Crippen LogP contribution in [0.1, 0.15) is 11.1 Å². The topological polar surface area (TPSA) is 50.4 Å². The first-order valence-electron chi connectivity index (χ1n) is 5.50. The van der Waals surface area contributed by atoms with Crippen molar-refractivity contribution in [2.75, 3.05) is 26.2 Å². The first-order chi connectivity index (χ1) is 7.86. The van der Waals surface area contributed by atoms with Crippen molar-refractivity contribution in [3.63, 3.8) is 0 Å². The lowest BCUT2D eigenvalue weighted by Crippen LogP contribution is -2.24. The zero-order valence-corrected chi connectivity index (χ0v) is 9.52. The summed E-state index contributed by atoms with van der Waals surface area (Å²) < 4.78 is 0. The molecule has 1 rings (SSSR count). The lowest BCUT2D eigenvalue weighted by Gasteiger charge is -1.98. The molecule has 1 aromatic rings. The predicted molar refractivity (Wildman–Crippen MR) is 70.9 cm³/mol. The minimum absolute atomic E-state index is 0.673. The van der Waals surface area contributed by atoms with Gasteiger partial charge in [-0.2, -0.15) is 0 Å². The second-order valence-corrected chi connectivity index (χ2v) is 3.44. The molecule has 0 saturated heterocycles. The molecule has 0 unspecified atom stereocenters. The van der Waals surface area contributed by atoms with Gasteiger partial charge in [0.2, 0.25) is 0 Å². The molecule has 0 saturated carbocycles. The van der Waals surface area contributed by atoms with E-state index in [1.807, 2.05) is 36.6 Å². The van der Waals surface area contributed by atoms with Crippen LogP contribution in [0.5, 0.6) is 0 Å². The summed E-state index contributed by atoms with van der Waals surface area (Å²) in [4.78, 5) is 4.31. The largest absolute Gasteiger partial charge is 0.329 e. The Bertz CT molecular complexity index is 328. The maximum atomic E-state index is 5.35. The van der Waals surface area contributed by atoms with Crippen LogP contribution in [-0.2, 0) is 0 Å². The zero-order chi connectivity index (χ0) is 11.6. The third kappa shape index (κ3) is 4.87. The van der Waals surface area contributed by atoms with E-state index in [1.54, 1.807) is 0 Å². The minimum atomic E-state index is 0.673.